The van der Waals surface area contributed by atoms with Crippen LogP contribution in [0.2, 0.25) is 0 Å². The molecule has 0 fully saturated rings. The summed E-state index contributed by atoms with van der Waals surface area (Å²) >= 11 is 3.51. The fourth-order valence-electron chi connectivity index (χ4n) is 4.24. The van der Waals surface area contributed by atoms with Crippen molar-refractivity contribution in [3.05, 3.63) is 120 Å². The third-order valence-corrected chi connectivity index (χ3v) is 7.99. The predicted molar refractivity (Wildman–Crippen MR) is 143 cm³/mol. The number of benzene rings is 3. The average Bonchev–Trinajstić information content (AvgIpc) is 3.20. The molecule has 0 radical (unpaired) electrons. The minimum atomic E-state index is 0. The van der Waals surface area contributed by atoms with Crippen LogP contribution in [-0.4, -0.2) is 12.0 Å². The van der Waals surface area contributed by atoms with Crippen LogP contribution in [0.4, 0.5) is 5.69 Å². The monoisotopic (exact) mass is 603 g/mol. The van der Waals surface area contributed by atoms with Gasteiger partial charge in [0.05, 0.1) is 16.1 Å². The molecule has 0 N–H and O–H groups in total. The van der Waals surface area contributed by atoms with Crippen LogP contribution in [0.25, 0.3) is 22.7 Å². The number of para-hydroxylation sites is 3. The zero-order valence-electron chi connectivity index (χ0n) is 19.0. The molecule has 172 valence electrons. The first kappa shape index (κ1) is 23.9. The van der Waals surface area contributed by atoms with Crippen LogP contribution in [-0.2, 0) is 0 Å². The SMILES string of the molecule is CN1/C(=C/c2cc(Sc3ccccn3)[n+](-c3ccccc3)c3ccccc23)Sc2ccccc21.[I-]. The minimum absolute atomic E-state index is 0. The molecule has 0 unspecified atom stereocenters. The third kappa shape index (κ3) is 4.70. The van der Waals surface area contributed by atoms with Gasteiger partial charge in [0, 0.05) is 42.4 Å². The van der Waals surface area contributed by atoms with Gasteiger partial charge in [0.2, 0.25) is 11.2 Å². The van der Waals surface area contributed by atoms with Crippen LogP contribution in [0.5, 0.6) is 0 Å². The highest BCUT2D eigenvalue weighted by Crippen LogP contribution is 2.46. The lowest BCUT2D eigenvalue weighted by Crippen LogP contribution is -3.00. The van der Waals surface area contributed by atoms with Crippen molar-refractivity contribution in [2.24, 2.45) is 0 Å². The van der Waals surface area contributed by atoms with Crippen LogP contribution in [0.3, 0.4) is 0 Å². The van der Waals surface area contributed by atoms with E-state index in [1.807, 2.05) is 30.1 Å². The first-order valence-electron chi connectivity index (χ1n) is 11.1. The maximum atomic E-state index is 4.58. The van der Waals surface area contributed by atoms with Crippen molar-refractivity contribution in [3.63, 3.8) is 0 Å². The Bertz CT molecular complexity index is 1520. The van der Waals surface area contributed by atoms with Crippen molar-refractivity contribution in [2.45, 2.75) is 14.9 Å². The molecule has 1 aliphatic rings. The molecule has 3 heterocycles. The van der Waals surface area contributed by atoms with E-state index >= 15 is 0 Å². The first-order chi connectivity index (χ1) is 16.8. The quantitative estimate of drug-likeness (QED) is 0.227. The fourth-order valence-corrected chi connectivity index (χ4v) is 6.30. The number of halogens is 1. The van der Waals surface area contributed by atoms with Crippen molar-refractivity contribution in [1.82, 2.24) is 4.98 Å². The number of fused-ring (bicyclic) bond motifs is 2. The smallest absolute Gasteiger partial charge is 0.253 e. The fraction of sp³-hybridized carbons (Fsp3) is 0.0345. The van der Waals surface area contributed by atoms with Gasteiger partial charge in [-0.3, -0.25) is 0 Å². The molecule has 0 saturated carbocycles. The molecule has 6 heteroatoms. The van der Waals surface area contributed by atoms with Gasteiger partial charge in [0.1, 0.15) is 5.03 Å². The predicted octanol–water partition coefficient (Wildman–Crippen LogP) is 4.21. The molecule has 0 amide bonds. The number of hydrogen-bond acceptors (Lipinski definition) is 4. The summed E-state index contributed by atoms with van der Waals surface area (Å²) in [4.78, 5) is 8.15. The normalized spacial score (nSPS) is 13.6. The van der Waals surface area contributed by atoms with E-state index in [9.17, 15) is 0 Å². The molecular weight excluding hydrogens is 581 g/mol. The molecule has 3 nitrogen and oxygen atoms in total. The van der Waals surface area contributed by atoms with E-state index < -0.39 is 0 Å². The second kappa shape index (κ2) is 10.4. The molecule has 0 atom stereocenters. The summed E-state index contributed by atoms with van der Waals surface area (Å²) in [6.45, 7) is 0. The lowest BCUT2D eigenvalue weighted by Gasteiger charge is -2.14. The maximum absolute atomic E-state index is 4.58. The number of rotatable bonds is 4. The van der Waals surface area contributed by atoms with Gasteiger partial charge in [0.15, 0.2) is 0 Å². The molecule has 2 aromatic heterocycles. The Balaban J connectivity index is 0.00000253. The van der Waals surface area contributed by atoms with Gasteiger partial charge in [-0.05, 0) is 53.7 Å². The molecule has 0 saturated heterocycles. The Morgan fingerprint density at radius 2 is 1.60 bits per heavy atom. The number of aromatic nitrogens is 2. The summed E-state index contributed by atoms with van der Waals surface area (Å²) in [7, 11) is 2.14. The molecule has 35 heavy (non-hydrogen) atoms. The highest BCUT2D eigenvalue weighted by atomic mass is 127. The highest BCUT2D eigenvalue weighted by molar-refractivity contribution is 8.03. The van der Waals surface area contributed by atoms with Crippen molar-refractivity contribution >= 4 is 46.2 Å². The number of thioether (sulfide) groups is 1. The lowest BCUT2D eigenvalue weighted by atomic mass is 10.1. The van der Waals surface area contributed by atoms with Crippen LogP contribution in [0, 0.1) is 0 Å². The number of pyridine rings is 2. The third-order valence-electron chi connectivity index (χ3n) is 5.87. The molecule has 3 aromatic carbocycles. The highest BCUT2D eigenvalue weighted by Gasteiger charge is 2.25. The van der Waals surface area contributed by atoms with E-state index in [1.54, 1.807) is 11.8 Å². The maximum Gasteiger partial charge on any atom is 0.253 e. The van der Waals surface area contributed by atoms with E-state index in [0.29, 0.717) is 0 Å². The standard InChI is InChI=1S/C29H22N3S2.HI/c1-31-25-15-7-8-16-26(25)33-28(31)19-21-20-29(34-27-17-9-10-18-30-27)32(22-11-3-2-4-12-22)24-14-6-5-13-23(21)24;/h2-20H,1H3;1H/q+1;/p-1. The molecular formula is C29H22IN3S2. The first-order valence-corrected chi connectivity index (χ1v) is 12.8. The minimum Gasteiger partial charge on any atom is -1.00 e. The van der Waals surface area contributed by atoms with Crippen molar-refractivity contribution in [1.29, 1.82) is 0 Å². The topological polar surface area (TPSA) is 20.0 Å². The van der Waals surface area contributed by atoms with E-state index in [1.165, 1.54) is 32.1 Å². The Morgan fingerprint density at radius 3 is 2.40 bits per heavy atom. The molecule has 0 aliphatic carbocycles. The zero-order chi connectivity index (χ0) is 22.9. The Kier molecular flexibility index (Phi) is 7.13. The van der Waals surface area contributed by atoms with Gasteiger partial charge in [0.25, 0.3) is 5.03 Å². The van der Waals surface area contributed by atoms with Crippen molar-refractivity contribution < 1.29 is 28.5 Å². The molecule has 1 aliphatic heterocycles. The van der Waals surface area contributed by atoms with Gasteiger partial charge >= 0.3 is 0 Å². The van der Waals surface area contributed by atoms with Gasteiger partial charge in [-0.15, -0.1) is 4.57 Å². The summed E-state index contributed by atoms with van der Waals surface area (Å²) in [5.41, 5.74) is 4.76. The Hall–Kier alpha value is -2.81. The van der Waals surface area contributed by atoms with Gasteiger partial charge in [-0.2, -0.15) is 0 Å². The van der Waals surface area contributed by atoms with Gasteiger partial charge < -0.3 is 28.9 Å². The zero-order valence-corrected chi connectivity index (χ0v) is 22.8. The Labute approximate surface area is 230 Å². The molecule has 0 spiro atoms. The van der Waals surface area contributed by atoms with E-state index in [-0.39, 0.29) is 24.0 Å². The van der Waals surface area contributed by atoms with E-state index in [4.69, 9.17) is 0 Å². The lowest BCUT2D eigenvalue weighted by molar-refractivity contribution is -0.608. The number of anilines is 1. The summed E-state index contributed by atoms with van der Waals surface area (Å²) in [6.07, 6.45) is 4.16. The van der Waals surface area contributed by atoms with Crippen molar-refractivity contribution in [2.75, 3.05) is 11.9 Å². The molecule has 6 rings (SSSR count). The second-order valence-corrected chi connectivity index (χ2v) is 10.1. The Morgan fingerprint density at radius 1 is 0.857 bits per heavy atom. The van der Waals surface area contributed by atoms with E-state index in [0.717, 1.165) is 15.7 Å². The number of nitrogens with zero attached hydrogens (tertiary/aromatic N) is 3. The summed E-state index contributed by atoms with van der Waals surface area (Å²) in [6, 6.07) is 36.1. The van der Waals surface area contributed by atoms with Gasteiger partial charge in [-0.25, -0.2) is 4.98 Å². The largest absolute Gasteiger partial charge is 1.00 e. The summed E-state index contributed by atoms with van der Waals surface area (Å²) in [5.74, 6) is 0. The van der Waals surface area contributed by atoms with Crippen LogP contribution in [0.15, 0.2) is 129 Å². The average molecular weight is 604 g/mol. The van der Waals surface area contributed by atoms with Gasteiger partial charge in [-0.1, -0.05) is 60.3 Å². The van der Waals surface area contributed by atoms with Crippen molar-refractivity contribution in [3.8, 4) is 5.69 Å². The van der Waals surface area contributed by atoms with Crippen LogP contribution >= 0.6 is 23.5 Å². The van der Waals surface area contributed by atoms with E-state index in [2.05, 4.69) is 119 Å². The molecule has 5 aromatic rings. The van der Waals surface area contributed by atoms with Crippen LogP contribution in [0.1, 0.15) is 5.56 Å². The second-order valence-electron chi connectivity index (χ2n) is 8.01. The summed E-state index contributed by atoms with van der Waals surface area (Å²) < 4.78 is 2.33. The molecule has 0 bridgehead atoms. The summed E-state index contributed by atoms with van der Waals surface area (Å²) in [5, 5.41) is 4.53. The number of hydrogen-bond donors (Lipinski definition) is 0. The van der Waals surface area contributed by atoms with Crippen LogP contribution < -0.4 is 33.4 Å².